The van der Waals surface area contributed by atoms with Crippen molar-refractivity contribution in [2.24, 2.45) is 0 Å². The quantitative estimate of drug-likeness (QED) is 0.587. The number of fused-ring (bicyclic) bond motifs is 1. The molecule has 2 heterocycles. The molecule has 1 atom stereocenters. The van der Waals surface area contributed by atoms with Crippen LogP contribution in [-0.4, -0.2) is 27.0 Å². The second-order valence-corrected chi connectivity index (χ2v) is 8.72. The number of aromatic nitrogens is 2. The fourth-order valence-corrected chi connectivity index (χ4v) is 4.52. The first-order valence-corrected chi connectivity index (χ1v) is 10.6. The molecule has 7 nitrogen and oxygen atoms in total. The molecule has 1 aliphatic heterocycles. The molecule has 3 amide bonds. The van der Waals surface area contributed by atoms with Gasteiger partial charge >= 0.3 is 6.03 Å². The lowest BCUT2D eigenvalue weighted by atomic mass is 9.90. The summed E-state index contributed by atoms with van der Waals surface area (Å²) >= 11 is 3.41. The number of urea groups is 1. The van der Waals surface area contributed by atoms with Gasteiger partial charge in [-0.15, -0.1) is 0 Å². The van der Waals surface area contributed by atoms with E-state index in [0.717, 1.165) is 39.8 Å². The van der Waals surface area contributed by atoms with Crippen molar-refractivity contribution in [3.8, 4) is 11.4 Å². The second-order valence-electron chi connectivity index (χ2n) is 7.81. The van der Waals surface area contributed by atoms with E-state index in [2.05, 4.69) is 37.5 Å². The predicted octanol–water partition coefficient (Wildman–Crippen LogP) is 3.96. The number of hydrogen-bond acceptors (Lipinski definition) is 5. The first-order chi connectivity index (χ1) is 14.4. The summed E-state index contributed by atoms with van der Waals surface area (Å²) in [6.07, 6.45) is 3.20. The van der Waals surface area contributed by atoms with Crippen molar-refractivity contribution in [3.63, 3.8) is 0 Å². The van der Waals surface area contributed by atoms with Gasteiger partial charge in [-0.05, 0) is 55.0 Å². The van der Waals surface area contributed by atoms with Crippen LogP contribution in [-0.2, 0) is 29.7 Å². The van der Waals surface area contributed by atoms with Gasteiger partial charge in [0.1, 0.15) is 12.1 Å². The highest BCUT2D eigenvalue weighted by atomic mass is 79.9. The molecule has 0 spiro atoms. The maximum atomic E-state index is 13.2. The van der Waals surface area contributed by atoms with E-state index in [1.165, 1.54) is 11.1 Å². The highest BCUT2D eigenvalue weighted by molar-refractivity contribution is 9.10. The number of nitrogens with one attached hydrogen (secondary N) is 1. The zero-order chi connectivity index (χ0) is 20.9. The number of nitrogens with zero attached hydrogens (tertiary/aromatic N) is 3. The molecule has 1 N–H and O–H groups in total. The van der Waals surface area contributed by atoms with Crippen LogP contribution in [0.5, 0.6) is 0 Å². The van der Waals surface area contributed by atoms with E-state index < -0.39 is 11.6 Å². The van der Waals surface area contributed by atoms with Crippen LogP contribution in [0.25, 0.3) is 11.4 Å². The van der Waals surface area contributed by atoms with E-state index in [0.29, 0.717) is 5.82 Å². The fourth-order valence-electron chi connectivity index (χ4n) is 4.12. The van der Waals surface area contributed by atoms with Crippen LogP contribution in [0.3, 0.4) is 0 Å². The summed E-state index contributed by atoms with van der Waals surface area (Å²) in [6, 6.07) is 13.1. The van der Waals surface area contributed by atoms with E-state index >= 15 is 0 Å². The number of carbonyl (C=O) groups is 2. The number of hydrogen-bond donors (Lipinski definition) is 1. The van der Waals surface area contributed by atoms with Crippen molar-refractivity contribution >= 4 is 27.9 Å². The van der Waals surface area contributed by atoms with Crippen LogP contribution >= 0.6 is 15.9 Å². The van der Waals surface area contributed by atoms with Gasteiger partial charge in [-0.3, -0.25) is 9.69 Å². The van der Waals surface area contributed by atoms with Gasteiger partial charge in [-0.1, -0.05) is 51.4 Å². The Morgan fingerprint density at radius 1 is 1.17 bits per heavy atom. The van der Waals surface area contributed by atoms with Gasteiger partial charge in [0, 0.05) is 10.0 Å². The fraction of sp³-hybridized carbons (Fsp3) is 0.273. The molecule has 152 valence electrons. The van der Waals surface area contributed by atoms with Gasteiger partial charge < -0.3 is 9.84 Å². The number of amides is 3. The summed E-state index contributed by atoms with van der Waals surface area (Å²) in [5, 5.41) is 6.82. The Morgan fingerprint density at radius 2 is 2.00 bits per heavy atom. The van der Waals surface area contributed by atoms with Crippen LogP contribution < -0.4 is 5.32 Å². The maximum Gasteiger partial charge on any atom is 0.325 e. The Labute approximate surface area is 181 Å². The third kappa shape index (κ3) is 3.11. The van der Waals surface area contributed by atoms with E-state index in [-0.39, 0.29) is 18.3 Å². The average molecular weight is 467 g/mol. The van der Waals surface area contributed by atoms with Crippen molar-refractivity contribution in [3.05, 3.63) is 69.5 Å². The van der Waals surface area contributed by atoms with E-state index in [9.17, 15) is 9.59 Å². The molecule has 2 aromatic carbocycles. The zero-order valence-corrected chi connectivity index (χ0v) is 17.9. The molecule has 1 aliphatic carbocycles. The molecule has 0 bridgehead atoms. The summed E-state index contributed by atoms with van der Waals surface area (Å²) in [6.45, 7) is 1.66. The summed E-state index contributed by atoms with van der Waals surface area (Å²) in [7, 11) is 0. The Kier molecular flexibility index (Phi) is 4.47. The van der Waals surface area contributed by atoms with Gasteiger partial charge in [0.25, 0.3) is 5.91 Å². The first kappa shape index (κ1) is 19.0. The highest BCUT2D eigenvalue weighted by Crippen LogP contribution is 2.33. The molecule has 30 heavy (non-hydrogen) atoms. The molecular weight excluding hydrogens is 448 g/mol. The van der Waals surface area contributed by atoms with E-state index in [1.54, 1.807) is 6.92 Å². The number of halogens is 1. The minimum Gasteiger partial charge on any atom is -0.337 e. The highest BCUT2D eigenvalue weighted by Gasteiger charge is 2.49. The smallest absolute Gasteiger partial charge is 0.325 e. The van der Waals surface area contributed by atoms with Crippen molar-refractivity contribution in [1.29, 1.82) is 0 Å². The van der Waals surface area contributed by atoms with Gasteiger partial charge in [0.2, 0.25) is 11.7 Å². The molecular formula is C22H19BrN4O3. The van der Waals surface area contributed by atoms with Crippen molar-refractivity contribution in [2.75, 3.05) is 0 Å². The molecule has 1 unspecified atom stereocenters. The third-order valence-electron chi connectivity index (χ3n) is 5.80. The Hall–Kier alpha value is -3.00. The minimum atomic E-state index is -1.11. The van der Waals surface area contributed by atoms with E-state index in [4.69, 9.17) is 4.52 Å². The van der Waals surface area contributed by atoms with Crippen molar-refractivity contribution in [2.45, 2.75) is 38.3 Å². The molecule has 1 fully saturated rings. The van der Waals surface area contributed by atoms with Crippen LogP contribution in [0.15, 0.2) is 51.5 Å². The zero-order valence-electron chi connectivity index (χ0n) is 16.3. The molecule has 1 aromatic heterocycles. The lowest BCUT2D eigenvalue weighted by Crippen LogP contribution is -2.41. The number of rotatable bonds is 4. The molecule has 5 rings (SSSR count). The van der Waals surface area contributed by atoms with E-state index in [1.807, 2.05) is 36.4 Å². The predicted molar refractivity (Wildman–Crippen MR) is 112 cm³/mol. The standard InChI is InChI=1S/C22H19BrN4O3/c1-22(16-9-8-13-4-2-5-14(13)10-16)20(28)27(21(29)25-22)12-18-24-19(26-30-18)15-6-3-7-17(23)11-15/h3,6-11H,2,4-5,12H2,1H3,(H,25,29). The lowest BCUT2D eigenvalue weighted by Gasteiger charge is -2.22. The Balaban J connectivity index is 1.39. The third-order valence-corrected chi connectivity index (χ3v) is 6.29. The molecule has 8 heteroatoms. The monoisotopic (exact) mass is 466 g/mol. The Morgan fingerprint density at radius 3 is 2.83 bits per heavy atom. The van der Waals surface area contributed by atoms with Crippen molar-refractivity contribution < 1.29 is 14.1 Å². The van der Waals surface area contributed by atoms with Crippen LogP contribution in [0.1, 0.15) is 35.9 Å². The number of carbonyl (C=O) groups excluding carboxylic acids is 2. The minimum absolute atomic E-state index is 0.0772. The van der Waals surface area contributed by atoms with Gasteiger partial charge in [-0.2, -0.15) is 4.98 Å². The summed E-state index contributed by atoms with van der Waals surface area (Å²) in [5.41, 5.74) is 3.04. The Bertz CT molecular complexity index is 1170. The summed E-state index contributed by atoms with van der Waals surface area (Å²) < 4.78 is 6.20. The second kappa shape index (κ2) is 7.05. The molecule has 0 saturated carbocycles. The molecule has 2 aliphatic rings. The number of benzene rings is 2. The summed E-state index contributed by atoms with van der Waals surface area (Å²) in [5.74, 6) is 0.277. The number of imide groups is 1. The van der Waals surface area contributed by atoms with Crippen LogP contribution in [0.2, 0.25) is 0 Å². The summed E-state index contributed by atoms with van der Waals surface area (Å²) in [4.78, 5) is 31.3. The topological polar surface area (TPSA) is 88.3 Å². The van der Waals surface area contributed by atoms with Crippen LogP contribution in [0.4, 0.5) is 4.79 Å². The SMILES string of the molecule is CC1(c2ccc3c(c2)CCC3)NC(=O)N(Cc2nc(-c3cccc(Br)c3)no2)C1=O. The van der Waals surface area contributed by atoms with Gasteiger partial charge in [0.15, 0.2) is 0 Å². The van der Waals surface area contributed by atoms with Crippen LogP contribution in [0, 0.1) is 0 Å². The maximum absolute atomic E-state index is 13.2. The molecule has 3 aromatic rings. The molecule has 1 saturated heterocycles. The average Bonchev–Trinajstić information content (AvgIpc) is 3.44. The van der Waals surface area contributed by atoms with Gasteiger partial charge in [0.05, 0.1) is 0 Å². The lowest BCUT2D eigenvalue weighted by molar-refractivity contribution is -0.131. The number of aryl methyl sites for hydroxylation is 2. The molecule has 0 radical (unpaired) electrons. The van der Waals surface area contributed by atoms with Crippen molar-refractivity contribution in [1.82, 2.24) is 20.4 Å². The normalized spacial score (nSPS) is 20.5. The van der Waals surface area contributed by atoms with Gasteiger partial charge in [-0.25, -0.2) is 4.79 Å². The first-order valence-electron chi connectivity index (χ1n) is 9.79. The largest absolute Gasteiger partial charge is 0.337 e.